The Balaban J connectivity index is 1.82. The number of sulfonamides is 1. The van der Waals surface area contributed by atoms with Crippen molar-refractivity contribution >= 4 is 21.1 Å². The van der Waals surface area contributed by atoms with E-state index in [0.29, 0.717) is 16.8 Å². The quantitative estimate of drug-likeness (QED) is 0.615. The van der Waals surface area contributed by atoms with Crippen LogP contribution in [-0.4, -0.2) is 43.9 Å². The van der Waals surface area contributed by atoms with Gasteiger partial charge in [-0.05, 0) is 44.4 Å². The van der Waals surface area contributed by atoms with Crippen LogP contribution >= 0.6 is 0 Å². The van der Waals surface area contributed by atoms with Gasteiger partial charge in [0.25, 0.3) is 0 Å². The molecule has 2 aromatic heterocycles. The molecule has 24 heavy (non-hydrogen) atoms. The monoisotopic (exact) mass is 350 g/mol. The number of aromatic amines is 2. The molecule has 3 N–H and O–H groups in total. The first kappa shape index (κ1) is 16.5. The van der Waals surface area contributed by atoms with E-state index in [9.17, 15) is 13.2 Å². The molecule has 3 rings (SSSR count). The first-order valence-corrected chi connectivity index (χ1v) is 8.77. The molecule has 0 radical (unpaired) electrons. The third-order valence-electron chi connectivity index (χ3n) is 3.76. The van der Waals surface area contributed by atoms with E-state index in [0.717, 1.165) is 0 Å². The van der Waals surface area contributed by atoms with Crippen LogP contribution in [0.25, 0.3) is 11.0 Å². The summed E-state index contributed by atoms with van der Waals surface area (Å²) >= 11 is 0. The smallest absolute Gasteiger partial charge is 0.323 e. The molecule has 2 heterocycles. The van der Waals surface area contributed by atoms with Gasteiger partial charge in [0.2, 0.25) is 10.0 Å². The van der Waals surface area contributed by atoms with Gasteiger partial charge in [-0.25, -0.2) is 17.9 Å². The van der Waals surface area contributed by atoms with Gasteiger partial charge >= 0.3 is 5.69 Å². The van der Waals surface area contributed by atoms with Gasteiger partial charge in [-0.3, -0.25) is 4.90 Å². The maximum absolute atomic E-state index is 12.5. The molecule has 0 aliphatic rings. The van der Waals surface area contributed by atoms with Crippen molar-refractivity contribution in [3.63, 3.8) is 0 Å². The van der Waals surface area contributed by atoms with Crippen LogP contribution in [0.2, 0.25) is 0 Å². The number of H-pyrrole nitrogens is 2. The molecule has 1 aromatic carbocycles. The highest BCUT2D eigenvalue weighted by Gasteiger charge is 2.21. The summed E-state index contributed by atoms with van der Waals surface area (Å²) < 4.78 is 33.0. The highest BCUT2D eigenvalue weighted by molar-refractivity contribution is 7.89. The normalized spacial score (nSPS) is 13.6. The average Bonchev–Trinajstić information content (AvgIpc) is 3.14. The maximum Gasteiger partial charge on any atom is 0.323 e. The van der Waals surface area contributed by atoms with Gasteiger partial charge in [0.15, 0.2) is 0 Å². The average molecular weight is 350 g/mol. The van der Waals surface area contributed by atoms with Crippen molar-refractivity contribution < 1.29 is 12.8 Å². The van der Waals surface area contributed by atoms with Crippen LogP contribution in [0.5, 0.6) is 0 Å². The van der Waals surface area contributed by atoms with Crippen LogP contribution in [0.1, 0.15) is 11.8 Å². The Kier molecular flexibility index (Phi) is 4.31. The van der Waals surface area contributed by atoms with E-state index >= 15 is 0 Å². The van der Waals surface area contributed by atoms with Gasteiger partial charge in [0.05, 0.1) is 28.2 Å². The number of imidazole rings is 1. The lowest BCUT2D eigenvalue weighted by Gasteiger charge is -2.22. The lowest BCUT2D eigenvalue weighted by atomic mass is 10.2. The summed E-state index contributed by atoms with van der Waals surface area (Å²) in [7, 11) is -0.0258. The fourth-order valence-electron chi connectivity index (χ4n) is 2.47. The molecule has 0 fully saturated rings. The van der Waals surface area contributed by atoms with Crippen LogP contribution in [0.15, 0.2) is 50.7 Å². The zero-order valence-corrected chi connectivity index (χ0v) is 14.1. The number of furan rings is 1. The number of likely N-dealkylation sites (N-methyl/N-ethyl adjacent to an activating group) is 1. The molecule has 3 aromatic rings. The predicted molar refractivity (Wildman–Crippen MR) is 89.2 cm³/mol. The summed E-state index contributed by atoms with van der Waals surface area (Å²) in [6.45, 7) is 0.157. The number of hydrogen-bond acceptors (Lipinski definition) is 5. The number of benzene rings is 1. The number of aromatic nitrogens is 2. The third-order valence-corrected chi connectivity index (χ3v) is 5.18. The zero-order chi connectivity index (χ0) is 17.3. The minimum atomic E-state index is -3.72. The lowest BCUT2D eigenvalue weighted by Crippen LogP contribution is -2.34. The first-order valence-electron chi connectivity index (χ1n) is 7.28. The summed E-state index contributed by atoms with van der Waals surface area (Å²) in [5.74, 6) is 0.674. The van der Waals surface area contributed by atoms with Gasteiger partial charge < -0.3 is 14.4 Å². The Morgan fingerprint density at radius 3 is 2.62 bits per heavy atom. The molecule has 8 nitrogen and oxygen atoms in total. The number of rotatable bonds is 6. The maximum atomic E-state index is 12.5. The molecule has 0 aliphatic carbocycles. The minimum Gasteiger partial charge on any atom is -0.468 e. The van der Waals surface area contributed by atoms with Crippen LogP contribution in [0, 0.1) is 0 Å². The molecular weight excluding hydrogens is 332 g/mol. The Morgan fingerprint density at radius 2 is 1.96 bits per heavy atom. The number of hydrogen-bond donors (Lipinski definition) is 3. The molecule has 1 atom stereocenters. The van der Waals surface area contributed by atoms with Gasteiger partial charge in [-0.15, -0.1) is 0 Å². The molecule has 1 unspecified atom stereocenters. The number of nitrogens with zero attached hydrogens (tertiary/aromatic N) is 1. The van der Waals surface area contributed by atoms with Crippen molar-refractivity contribution in [1.29, 1.82) is 0 Å². The SMILES string of the molecule is CN(C)C(CNS(=O)(=O)c1ccc2[nH]c(=O)[nH]c2c1)c1ccco1. The fraction of sp³-hybridized carbons (Fsp3) is 0.267. The van der Waals surface area contributed by atoms with Gasteiger partial charge in [-0.1, -0.05) is 0 Å². The van der Waals surface area contributed by atoms with Gasteiger partial charge in [0, 0.05) is 6.54 Å². The Morgan fingerprint density at radius 1 is 1.21 bits per heavy atom. The van der Waals surface area contributed by atoms with Gasteiger partial charge in [-0.2, -0.15) is 0 Å². The summed E-state index contributed by atoms with van der Waals surface area (Å²) in [5, 5.41) is 0. The van der Waals surface area contributed by atoms with Crippen molar-refractivity contribution in [3.05, 3.63) is 52.8 Å². The molecule has 0 saturated heterocycles. The van der Waals surface area contributed by atoms with E-state index in [1.807, 2.05) is 19.0 Å². The number of fused-ring (bicyclic) bond motifs is 1. The Labute approximate surface area is 138 Å². The summed E-state index contributed by atoms with van der Waals surface area (Å²) in [4.78, 5) is 18.4. The van der Waals surface area contributed by atoms with Crippen LogP contribution in [0.4, 0.5) is 0 Å². The van der Waals surface area contributed by atoms with Crippen LogP contribution in [-0.2, 0) is 10.0 Å². The second kappa shape index (κ2) is 6.27. The zero-order valence-electron chi connectivity index (χ0n) is 13.2. The molecule has 0 saturated carbocycles. The molecule has 0 bridgehead atoms. The fourth-order valence-corrected chi connectivity index (χ4v) is 3.53. The molecule has 0 spiro atoms. The minimum absolute atomic E-state index is 0.0854. The first-order chi connectivity index (χ1) is 11.4. The summed E-state index contributed by atoms with van der Waals surface area (Å²) in [6.07, 6.45) is 1.55. The Bertz CT molecular complexity index is 986. The van der Waals surface area contributed by atoms with Crippen molar-refractivity contribution in [2.45, 2.75) is 10.9 Å². The predicted octanol–water partition coefficient (Wildman–Crippen LogP) is 1.03. The topological polar surface area (TPSA) is 111 Å². The van der Waals surface area contributed by atoms with E-state index in [4.69, 9.17) is 4.42 Å². The van der Waals surface area contributed by atoms with E-state index < -0.39 is 10.0 Å². The second-order valence-electron chi connectivity index (χ2n) is 5.63. The van der Waals surface area contributed by atoms with E-state index in [1.165, 1.54) is 12.1 Å². The van der Waals surface area contributed by atoms with E-state index in [-0.39, 0.29) is 23.2 Å². The summed E-state index contributed by atoms with van der Waals surface area (Å²) in [5.41, 5.74) is 0.622. The highest BCUT2D eigenvalue weighted by Crippen LogP contribution is 2.19. The molecule has 9 heteroatoms. The van der Waals surface area contributed by atoms with E-state index in [1.54, 1.807) is 24.5 Å². The molecule has 0 amide bonds. The second-order valence-corrected chi connectivity index (χ2v) is 7.40. The van der Waals surface area contributed by atoms with Crippen LogP contribution in [0.3, 0.4) is 0 Å². The third kappa shape index (κ3) is 3.28. The molecular formula is C15H18N4O4S. The van der Waals surface area contributed by atoms with Gasteiger partial charge in [0.1, 0.15) is 5.76 Å². The Hall–Kier alpha value is -2.36. The lowest BCUT2D eigenvalue weighted by molar-refractivity contribution is 0.259. The van der Waals surface area contributed by atoms with Crippen molar-refractivity contribution in [2.75, 3.05) is 20.6 Å². The highest BCUT2D eigenvalue weighted by atomic mass is 32.2. The van der Waals surface area contributed by atoms with Crippen molar-refractivity contribution in [1.82, 2.24) is 19.6 Å². The number of nitrogens with one attached hydrogen (secondary N) is 3. The molecule has 128 valence electrons. The largest absolute Gasteiger partial charge is 0.468 e. The molecule has 0 aliphatic heterocycles. The standard InChI is InChI=1S/C15H18N4O4S/c1-19(2)13(14-4-3-7-23-14)9-16-24(21,22)10-5-6-11-12(8-10)18-15(20)17-11/h3-8,13,16H,9H2,1-2H3,(H2,17,18,20). The summed E-state index contributed by atoms with van der Waals surface area (Å²) in [6, 6.07) is 7.76. The van der Waals surface area contributed by atoms with Crippen LogP contribution < -0.4 is 10.4 Å². The van der Waals surface area contributed by atoms with E-state index in [2.05, 4.69) is 14.7 Å². The van der Waals surface area contributed by atoms with Crippen molar-refractivity contribution in [3.8, 4) is 0 Å². The van der Waals surface area contributed by atoms with Crippen molar-refractivity contribution in [2.24, 2.45) is 0 Å².